The second-order valence-electron chi connectivity index (χ2n) is 10.6. The van der Waals surface area contributed by atoms with Gasteiger partial charge in [0.25, 0.3) is 0 Å². The number of benzene rings is 1. The first-order chi connectivity index (χ1) is 17.1. The van der Waals surface area contributed by atoms with Gasteiger partial charge in [-0.2, -0.15) is 0 Å². The van der Waals surface area contributed by atoms with E-state index in [0.29, 0.717) is 6.04 Å². The molecule has 2 aliphatic heterocycles. The van der Waals surface area contributed by atoms with Crippen LogP contribution in [0.25, 0.3) is 5.57 Å². The summed E-state index contributed by atoms with van der Waals surface area (Å²) in [5.74, 6) is 0.975. The van der Waals surface area contributed by atoms with Crippen molar-refractivity contribution in [1.82, 2.24) is 25.7 Å². The fraction of sp³-hybridized carbons (Fsp3) is 0.593. The molecule has 2 aliphatic carbocycles. The molecule has 5 unspecified atom stereocenters. The van der Waals surface area contributed by atoms with Gasteiger partial charge in [-0.1, -0.05) is 25.5 Å². The zero-order valence-electron chi connectivity index (χ0n) is 20.3. The first-order valence-electron chi connectivity index (χ1n) is 13.2. The molecule has 0 radical (unpaired) electrons. The summed E-state index contributed by atoms with van der Waals surface area (Å²) in [6.45, 7) is 3.02. The number of rotatable bonds is 6. The largest absolute Gasteiger partial charge is 0.508 e. The lowest BCUT2D eigenvalue weighted by molar-refractivity contribution is 0.0925. The number of nitrogens with zero attached hydrogens (tertiary/aromatic N) is 2. The van der Waals surface area contributed by atoms with E-state index in [1.165, 1.54) is 19.3 Å². The van der Waals surface area contributed by atoms with Gasteiger partial charge in [0.05, 0.1) is 36.6 Å². The number of alkyl halides is 1. The number of phenols is 1. The molecule has 0 bridgehead atoms. The molecular formula is C27H36FN5O2. The van der Waals surface area contributed by atoms with Crippen LogP contribution >= 0.6 is 0 Å². The number of aromatic nitrogens is 2. The molecule has 1 saturated heterocycles. The van der Waals surface area contributed by atoms with Gasteiger partial charge in [-0.25, -0.2) is 14.8 Å². The van der Waals surface area contributed by atoms with Gasteiger partial charge in [-0.05, 0) is 60.9 Å². The van der Waals surface area contributed by atoms with E-state index in [1.807, 2.05) is 19.2 Å². The maximum Gasteiger partial charge on any atom is 0.125 e. The van der Waals surface area contributed by atoms with Gasteiger partial charge in [0.15, 0.2) is 0 Å². The number of H-pyrrole nitrogens is 1. The maximum atomic E-state index is 15.9. The highest BCUT2D eigenvalue weighted by atomic mass is 19.1. The van der Waals surface area contributed by atoms with Gasteiger partial charge < -0.3 is 15.2 Å². The molecule has 188 valence electrons. The summed E-state index contributed by atoms with van der Waals surface area (Å²) in [4.78, 5) is 10.6. The minimum absolute atomic E-state index is 0.0137. The predicted octanol–water partition coefficient (Wildman–Crippen LogP) is 3.34. The van der Waals surface area contributed by atoms with Crippen molar-refractivity contribution in [1.29, 1.82) is 0 Å². The third-order valence-corrected chi connectivity index (χ3v) is 8.94. The molecule has 5 N–H and O–H groups in total. The lowest BCUT2D eigenvalue weighted by Crippen LogP contribution is -2.45. The second-order valence-corrected chi connectivity index (χ2v) is 10.6. The minimum Gasteiger partial charge on any atom is -0.508 e. The minimum atomic E-state index is -1.03. The van der Waals surface area contributed by atoms with Crippen molar-refractivity contribution in [2.45, 2.75) is 81.7 Å². The number of aliphatic hydroxyl groups excluding tert-OH is 1. The Bertz CT molecular complexity index is 1100. The topological polar surface area (TPSA) is 96.4 Å². The summed E-state index contributed by atoms with van der Waals surface area (Å²) in [6.07, 6.45) is 9.17. The molecule has 7 nitrogen and oxygen atoms in total. The Hall–Kier alpha value is -2.26. The normalized spacial score (nSPS) is 33.5. The van der Waals surface area contributed by atoms with Crippen molar-refractivity contribution in [3.8, 4) is 5.75 Å². The molecule has 2 saturated carbocycles. The summed E-state index contributed by atoms with van der Waals surface area (Å²) in [5, 5.41) is 20.0. The van der Waals surface area contributed by atoms with E-state index in [-0.39, 0.29) is 42.3 Å². The number of aryl methyl sites for hydroxylation is 1. The van der Waals surface area contributed by atoms with Crippen LogP contribution in [0.15, 0.2) is 30.5 Å². The van der Waals surface area contributed by atoms with Crippen molar-refractivity contribution in [2.75, 3.05) is 13.2 Å². The van der Waals surface area contributed by atoms with Crippen LogP contribution in [0.5, 0.6) is 5.75 Å². The molecule has 2 aromatic rings. The highest BCUT2D eigenvalue weighted by molar-refractivity contribution is 5.69. The number of hydrogen-bond donors (Lipinski definition) is 5. The number of fused-ring (bicyclic) bond motifs is 1. The lowest BCUT2D eigenvalue weighted by atomic mass is 9.71. The Balaban J connectivity index is 1.18. The zero-order chi connectivity index (χ0) is 24.1. The summed E-state index contributed by atoms with van der Waals surface area (Å²) in [7, 11) is 0. The van der Waals surface area contributed by atoms with Crippen LogP contribution in [0.4, 0.5) is 4.39 Å². The predicted molar refractivity (Wildman–Crippen MR) is 132 cm³/mol. The molecular weight excluding hydrogens is 445 g/mol. The van der Waals surface area contributed by atoms with E-state index in [1.54, 1.807) is 12.1 Å². The number of nitrogens with one attached hydrogen (secondary N) is 3. The molecule has 1 aromatic heterocycles. The standard InChI is InChI=1S/C27H36FN5O2/c1-2-15-12-17(35)6-7-18(15)19-8-9-21-25(24(19)28)31-32-26(21)27-29-13-22(30-27)20-10-11-33(23(20)14-34)16-4-3-5-16/h6-7,10,12-13,16,19,21,23-26,31-32,34-35H,2-5,8-9,11,14H2,1H3,(H,29,30)/t19?,21?,23-,24?,25?,26?/m0/s1. The smallest absolute Gasteiger partial charge is 0.125 e. The number of aliphatic hydroxyl groups is 1. The molecule has 35 heavy (non-hydrogen) atoms. The summed E-state index contributed by atoms with van der Waals surface area (Å²) in [5.41, 5.74) is 10.7. The number of halogens is 1. The van der Waals surface area contributed by atoms with Crippen LogP contribution in [0, 0.1) is 5.92 Å². The van der Waals surface area contributed by atoms with Crippen molar-refractivity contribution in [2.24, 2.45) is 5.92 Å². The van der Waals surface area contributed by atoms with Crippen molar-refractivity contribution in [3.63, 3.8) is 0 Å². The van der Waals surface area contributed by atoms with Gasteiger partial charge >= 0.3 is 0 Å². The summed E-state index contributed by atoms with van der Waals surface area (Å²) < 4.78 is 15.9. The van der Waals surface area contributed by atoms with Crippen LogP contribution in [-0.4, -0.2) is 62.5 Å². The van der Waals surface area contributed by atoms with E-state index in [2.05, 4.69) is 26.8 Å². The average Bonchev–Trinajstić information content (AvgIpc) is 3.56. The monoisotopic (exact) mass is 481 g/mol. The number of hydrogen-bond acceptors (Lipinski definition) is 6. The van der Waals surface area contributed by atoms with Gasteiger partial charge in [0, 0.05) is 24.4 Å². The lowest BCUT2D eigenvalue weighted by Gasteiger charge is -2.38. The van der Waals surface area contributed by atoms with Crippen LogP contribution in [0.2, 0.25) is 0 Å². The first kappa shape index (κ1) is 23.2. The van der Waals surface area contributed by atoms with Gasteiger partial charge in [-0.15, -0.1) is 0 Å². The van der Waals surface area contributed by atoms with E-state index in [0.717, 1.165) is 54.0 Å². The zero-order valence-corrected chi connectivity index (χ0v) is 20.3. The summed E-state index contributed by atoms with van der Waals surface area (Å²) in [6, 6.07) is 5.54. The fourth-order valence-corrected chi connectivity index (χ4v) is 6.81. The number of aromatic hydroxyl groups is 1. The summed E-state index contributed by atoms with van der Waals surface area (Å²) >= 11 is 0. The third-order valence-electron chi connectivity index (χ3n) is 8.94. The van der Waals surface area contributed by atoms with Crippen molar-refractivity contribution in [3.05, 3.63) is 53.1 Å². The second kappa shape index (κ2) is 9.32. The van der Waals surface area contributed by atoms with Crippen molar-refractivity contribution < 1.29 is 14.6 Å². The van der Waals surface area contributed by atoms with Crippen molar-refractivity contribution >= 4 is 5.57 Å². The Kier molecular flexibility index (Phi) is 6.16. The Morgan fingerprint density at radius 1 is 1.17 bits per heavy atom. The number of aromatic amines is 1. The number of hydrazine groups is 1. The SMILES string of the molecule is CCc1cc(O)ccc1C1CCC2C(c3ncc(C4=CCN(C5CCC5)[C@H]4CO)[nH]3)NNC2C1F. The first-order valence-corrected chi connectivity index (χ1v) is 13.2. The van der Waals surface area contributed by atoms with Crippen LogP contribution in [0.3, 0.4) is 0 Å². The van der Waals surface area contributed by atoms with Gasteiger partial charge in [-0.3, -0.25) is 10.3 Å². The van der Waals surface area contributed by atoms with E-state index >= 15 is 4.39 Å². The van der Waals surface area contributed by atoms with Gasteiger partial charge in [0.2, 0.25) is 0 Å². The Morgan fingerprint density at radius 2 is 2.03 bits per heavy atom. The molecule has 0 spiro atoms. The van der Waals surface area contributed by atoms with E-state index in [9.17, 15) is 10.2 Å². The third kappa shape index (κ3) is 3.91. The molecule has 6 atom stereocenters. The molecule has 1 aromatic carbocycles. The highest BCUT2D eigenvalue weighted by Gasteiger charge is 2.49. The van der Waals surface area contributed by atoms with Crippen LogP contribution < -0.4 is 10.9 Å². The molecule has 8 heteroatoms. The Morgan fingerprint density at radius 3 is 2.77 bits per heavy atom. The van der Waals surface area contributed by atoms with E-state index in [4.69, 9.17) is 4.98 Å². The quantitative estimate of drug-likeness (QED) is 0.434. The van der Waals surface area contributed by atoms with E-state index < -0.39 is 6.17 Å². The fourth-order valence-electron chi connectivity index (χ4n) is 6.81. The molecule has 3 heterocycles. The molecule has 6 rings (SSSR count). The molecule has 0 amide bonds. The number of phenolic OH excluding ortho intramolecular Hbond substituents is 1. The molecule has 3 fully saturated rings. The molecule has 4 aliphatic rings. The highest BCUT2D eigenvalue weighted by Crippen LogP contribution is 2.46. The maximum absolute atomic E-state index is 15.9. The number of imidazole rings is 1. The van der Waals surface area contributed by atoms with Crippen LogP contribution in [-0.2, 0) is 6.42 Å². The van der Waals surface area contributed by atoms with Gasteiger partial charge in [0.1, 0.15) is 17.7 Å². The Labute approximate surface area is 205 Å². The van der Waals surface area contributed by atoms with Crippen LogP contribution in [0.1, 0.15) is 73.6 Å². The average molecular weight is 482 g/mol.